The molecule has 0 fully saturated rings. The highest BCUT2D eigenvalue weighted by atomic mass is 19.4. The molecule has 0 aliphatic rings. The van der Waals surface area contributed by atoms with Crippen molar-refractivity contribution in [3.63, 3.8) is 0 Å². The Morgan fingerprint density at radius 3 is 2.48 bits per heavy atom. The van der Waals surface area contributed by atoms with E-state index in [1.165, 1.54) is 18.3 Å². The van der Waals surface area contributed by atoms with Crippen molar-refractivity contribution in [2.75, 3.05) is 5.32 Å². The van der Waals surface area contributed by atoms with Crippen molar-refractivity contribution in [1.29, 1.82) is 0 Å². The van der Waals surface area contributed by atoms with Gasteiger partial charge in [-0.05, 0) is 29.2 Å². The maximum absolute atomic E-state index is 12.0. The van der Waals surface area contributed by atoms with E-state index in [4.69, 9.17) is 0 Å². The third-order valence-electron chi connectivity index (χ3n) is 2.49. The maximum atomic E-state index is 12.0. The van der Waals surface area contributed by atoms with Gasteiger partial charge in [-0.1, -0.05) is 0 Å². The summed E-state index contributed by atoms with van der Waals surface area (Å²) in [7, 11) is 0. The fraction of sp³-hybridized carbons (Fsp3) is 0.167. The molecule has 23 heavy (non-hydrogen) atoms. The number of nitrogens with zero attached hydrogens (tertiary/aromatic N) is 3. The van der Waals surface area contributed by atoms with Crippen LogP contribution in [0.2, 0.25) is 0 Å². The van der Waals surface area contributed by atoms with Gasteiger partial charge >= 0.3 is 12.2 Å². The molecular formula is C12H9F3N4O4. The Labute approximate surface area is 126 Å². The number of nitrogens with one attached hydrogen (secondary N) is 1. The second kappa shape index (κ2) is 6.34. The number of nitro groups is 1. The van der Waals surface area contributed by atoms with Gasteiger partial charge in [-0.2, -0.15) is 4.68 Å². The average Bonchev–Trinajstić information content (AvgIpc) is 2.88. The van der Waals surface area contributed by atoms with Gasteiger partial charge in [0.1, 0.15) is 12.3 Å². The lowest BCUT2D eigenvalue weighted by atomic mass is 10.3. The molecule has 2 aromatic rings. The minimum absolute atomic E-state index is 0.242. The molecular weight excluding hydrogens is 321 g/mol. The second-order valence-electron chi connectivity index (χ2n) is 4.25. The number of rotatable bonds is 5. The molecule has 8 nitrogen and oxygen atoms in total. The number of hydrogen-bond acceptors (Lipinski definition) is 5. The van der Waals surface area contributed by atoms with Crippen molar-refractivity contribution < 1.29 is 27.6 Å². The van der Waals surface area contributed by atoms with E-state index in [1.54, 1.807) is 0 Å². The van der Waals surface area contributed by atoms with Crippen molar-refractivity contribution in [3.05, 3.63) is 46.6 Å². The number of carbonyl (C=O) groups excluding carboxylic acids is 1. The van der Waals surface area contributed by atoms with Crippen LogP contribution in [0.3, 0.4) is 0 Å². The van der Waals surface area contributed by atoms with Crippen LogP contribution in [0.15, 0.2) is 36.5 Å². The summed E-state index contributed by atoms with van der Waals surface area (Å²) in [5.41, 5.74) is 0.242. The zero-order valence-corrected chi connectivity index (χ0v) is 11.3. The molecule has 0 aliphatic carbocycles. The highest BCUT2D eigenvalue weighted by Crippen LogP contribution is 2.23. The van der Waals surface area contributed by atoms with Gasteiger partial charge in [0, 0.05) is 5.69 Å². The average molecular weight is 330 g/mol. The first-order valence-electron chi connectivity index (χ1n) is 6.06. The van der Waals surface area contributed by atoms with Gasteiger partial charge in [0.15, 0.2) is 0 Å². The lowest BCUT2D eigenvalue weighted by Gasteiger charge is -2.09. The van der Waals surface area contributed by atoms with E-state index in [0.717, 1.165) is 22.9 Å². The molecule has 0 saturated carbocycles. The largest absolute Gasteiger partial charge is 0.573 e. The molecule has 11 heteroatoms. The van der Waals surface area contributed by atoms with Crippen molar-refractivity contribution in [1.82, 2.24) is 9.78 Å². The number of aromatic nitrogens is 2. The Kier molecular flexibility index (Phi) is 4.48. The first kappa shape index (κ1) is 16.3. The molecule has 0 bridgehead atoms. The van der Waals surface area contributed by atoms with E-state index < -0.39 is 28.8 Å². The molecule has 1 amide bonds. The molecule has 1 heterocycles. The van der Waals surface area contributed by atoms with Crippen molar-refractivity contribution >= 4 is 17.4 Å². The quantitative estimate of drug-likeness (QED) is 0.670. The Balaban J connectivity index is 1.93. The molecule has 0 unspecified atom stereocenters. The fourth-order valence-corrected chi connectivity index (χ4v) is 1.62. The summed E-state index contributed by atoms with van der Waals surface area (Å²) in [4.78, 5) is 21.5. The third kappa shape index (κ3) is 4.98. The van der Waals surface area contributed by atoms with Gasteiger partial charge in [0.25, 0.3) is 0 Å². The Bertz CT molecular complexity index is 712. The first-order valence-corrected chi connectivity index (χ1v) is 6.06. The van der Waals surface area contributed by atoms with Gasteiger partial charge < -0.3 is 20.2 Å². The van der Waals surface area contributed by atoms with E-state index in [2.05, 4.69) is 15.2 Å². The summed E-state index contributed by atoms with van der Waals surface area (Å²) < 4.78 is 40.8. The summed E-state index contributed by atoms with van der Waals surface area (Å²) in [6, 6.07) is 5.68. The smallest absolute Gasteiger partial charge is 0.406 e. The Morgan fingerprint density at radius 1 is 1.30 bits per heavy atom. The van der Waals surface area contributed by atoms with Crippen LogP contribution < -0.4 is 10.1 Å². The van der Waals surface area contributed by atoms with Crippen molar-refractivity contribution in [2.24, 2.45) is 0 Å². The van der Waals surface area contributed by atoms with Crippen LogP contribution in [0.4, 0.5) is 24.7 Å². The lowest BCUT2D eigenvalue weighted by Crippen LogP contribution is -2.19. The fourth-order valence-electron chi connectivity index (χ4n) is 1.62. The summed E-state index contributed by atoms with van der Waals surface area (Å²) in [5.74, 6) is -1.36. The van der Waals surface area contributed by atoms with Crippen LogP contribution in [0.1, 0.15) is 0 Å². The van der Waals surface area contributed by atoms with Gasteiger partial charge in [-0.25, -0.2) is 0 Å². The molecule has 0 spiro atoms. The molecule has 1 aromatic carbocycles. The molecule has 1 aromatic heterocycles. The summed E-state index contributed by atoms with van der Waals surface area (Å²) in [6.07, 6.45) is -3.53. The zero-order valence-electron chi connectivity index (χ0n) is 11.3. The number of amides is 1. The van der Waals surface area contributed by atoms with Crippen molar-refractivity contribution in [2.45, 2.75) is 12.9 Å². The summed E-state index contributed by atoms with van der Waals surface area (Å²) >= 11 is 0. The lowest BCUT2D eigenvalue weighted by molar-refractivity contribution is -0.389. The number of carbonyl (C=O) groups is 1. The number of ether oxygens (including phenoxy) is 1. The van der Waals surface area contributed by atoms with Crippen LogP contribution in [0.25, 0.3) is 0 Å². The molecule has 122 valence electrons. The van der Waals surface area contributed by atoms with E-state index in [0.29, 0.717) is 0 Å². The van der Waals surface area contributed by atoms with E-state index in [-0.39, 0.29) is 12.2 Å². The minimum atomic E-state index is -4.79. The van der Waals surface area contributed by atoms with Gasteiger partial charge in [-0.15, -0.1) is 13.2 Å². The molecule has 0 saturated heterocycles. The molecule has 1 N–H and O–H groups in total. The second-order valence-corrected chi connectivity index (χ2v) is 4.25. The predicted molar refractivity (Wildman–Crippen MR) is 70.6 cm³/mol. The topological polar surface area (TPSA) is 99.3 Å². The first-order chi connectivity index (χ1) is 10.7. The van der Waals surface area contributed by atoms with Gasteiger partial charge in [-0.3, -0.25) is 4.79 Å². The normalized spacial score (nSPS) is 11.1. The molecule has 0 atom stereocenters. The number of anilines is 1. The van der Waals surface area contributed by atoms with Crippen LogP contribution >= 0.6 is 0 Å². The van der Waals surface area contributed by atoms with Crippen LogP contribution in [-0.2, 0) is 11.3 Å². The number of hydrogen-bond donors (Lipinski definition) is 1. The molecule has 0 radical (unpaired) electrons. The maximum Gasteiger partial charge on any atom is 0.573 e. The number of benzene rings is 1. The van der Waals surface area contributed by atoms with Gasteiger partial charge in [0.2, 0.25) is 5.91 Å². The monoisotopic (exact) mass is 330 g/mol. The Hall–Kier alpha value is -3.11. The SMILES string of the molecule is O=C(Cn1ccc([N+](=O)[O-])n1)Nc1ccc(OC(F)(F)F)cc1. The summed E-state index contributed by atoms with van der Waals surface area (Å²) in [5, 5.41) is 16.4. The third-order valence-corrected chi connectivity index (χ3v) is 2.49. The molecule has 2 rings (SSSR count). The van der Waals surface area contributed by atoms with Crippen molar-refractivity contribution in [3.8, 4) is 5.75 Å². The van der Waals surface area contributed by atoms with E-state index in [1.807, 2.05) is 0 Å². The highest BCUT2D eigenvalue weighted by molar-refractivity contribution is 5.90. The number of alkyl halides is 3. The van der Waals surface area contributed by atoms with Crippen LogP contribution in [-0.4, -0.2) is 27.0 Å². The Morgan fingerprint density at radius 2 is 1.96 bits per heavy atom. The highest BCUT2D eigenvalue weighted by Gasteiger charge is 2.30. The predicted octanol–water partition coefficient (Wildman–Crippen LogP) is 2.33. The van der Waals surface area contributed by atoms with Crippen LogP contribution in [0.5, 0.6) is 5.75 Å². The number of halogens is 3. The minimum Gasteiger partial charge on any atom is -0.406 e. The zero-order chi connectivity index (χ0) is 17.0. The summed E-state index contributed by atoms with van der Waals surface area (Å²) in [6.45, 7) is -0.283. The van der Waals surface area contributed by atoms with E-state index >= 15 is 0 Å². The van der Waals surface area contributed by atoms with Crippen LogP contribution in [0, 0.1) is 10.1 Å². The standard InChI is InChI=1S/C12H9F3N4O4/c13-12(14,15)23-9-3-1-8(2-4-9)16-11(20)7-18-6-5-10(17-18)19(21)22/h1-6H,7H2,(H,16,20). The molecule has 0 aliphatic heterocycles. The van der Waals surface area contributed by atoms with Gasteiger partial charge in [0.05, 0.1) is 17.4 Å². The van der Waals surface area contributed by atoms with E-state index in [9.17, 15) is 28.1 Å².